The Labute approximate surface area is 123 Å². The van der Waals surface area contributed by atoms with Gasteiger partial charge in [0.25, 0.3) is 0 Å². The molecule has 0 radical (unpaired) electrons. The molecule has 0 aliphatic heterocycles. The second-order valence-corrected chi connectivity index (χ2v) is 4.93. The van der Waals surface area contributed by atoms with E-state index >= 15 is 0 Å². The van der Waals surface area contributed by atoms with Crippen molar-refractivity contribution in [3.63, 3.8) is 0 Å². The molecule has 1 N–H and O–H groups in total. The highest BCUT2D eigenvalue weighted by molar-refractivity contribution is 5.34. The summed E-state index contributed by atoms with van der Waals surface area (Å²) in [5.41, 5.74) is 3.42. The summed E-state index contributed by atoms with van der Waals surface area (Å²) < 4.78 is 0. The lowest BCUT2D eigenvalue weighted by Crippen LogP contribution is -2.05. The minimum atomic E-state index is 0.238. The zero-order valence-electron chi connectivity index (χ0n) is 11.5. The summed E-state index contributed by atoms with van der Waals surface area (Å²) in [5.74, 6) is 0.604. The minimum absolute atomic E-state index is 0.238. The third kappa shape index (κ3) is 3.01. The van der Waals surface area contributed by atoms with Crippen LogP contribution in [0.1, 0.15) is 28.6 Å². The van der Waals surface area contributed by atoms with E-state index in [1.54, 1.807) is 0 Å². The van der Waals surface area contributed by atoms with E-state index in [4.69, 9.17) is 5.26 Å². The fraction of sp³-hybridized carbons (Fsp3) is 0.111. The number of hydrogen-bond acceptors (Lipinski definition) is 2. The molecule has 0 amide bonds. The van der Waals surface area contributed by atoms with E-state index < -0.39 is 0 Å². The third-order valence-electron chi connectivity index (χ3n) is 3.55. The zero-order valence-corrected chi connectivity index (χ0v) is 11.5. The van der Waals surface area contributed by atoms with Crippen LogP contribution in [0, 0.1) is 11.3 Å². The van der Waals surface area contributed by atoms with Crippen molar-refractivity contribution in [2.75, 3.05) is 0 Å². The SMILES string of the molecule is N#Cc1nc(CC(c2ccccc2)c2ccccc2)c[nH]1. The van der Waals surface area contributed by atoms with Gasteiger partial charge < -0.3 is 4.98 Å². The molecule has 3 nitrogen and oxygen atoms in total. The van der Waals surface area contributed by atoms with Gasteiger partial charge in [0.1, 0.15) is 6.07 Å². The van der Waals surface area contributed by atoms with E-state index in [2.05, 4.69) is 58.5 Å². The average Bonchev–Trinajstić information content (AvgIpc) is 3.02. The number of aromatic amines is 1. The summed E-state index contributed by atoms with van der Waals surface area (Å²) >= 11 is 0. The van der Waals surface area contributed by atoms with Crippen molar-refractivity contribution in [3.8, 4) is 6.07 Å². The predicted octanol–water partition coefficient (Wildman–Crippen LogP) is 3.66. The van der Waals surface area contributed by atoms with Crippen molar-refractivity contribution in [1.82, 2.24) is 9.97 Å². The van der Waals surface area contributed by atoms with Crippen molar-refractivity contribution < 1.29 is 0 Å². The first-order valence-corrected chi connectivity index (χ1v) is 6.91. The molecule has 0 aliphatic rings. The second kappa shape index (κ2) is 6.06. The number of rotatable bonds is 4. The van der Waals surface area contributed by atoms with Crippen LogP contribution in [-0.4, -0.2) is 9.97 Å². The minimum Gasteiger partial charge on any atom is -0.336 e. The molecule has 0 fully saturated rings. The lowest BCUT2D eigenvalue weighted by molar-refractivity contribution is 0.787. The van der Waals surface area contributed by atoms with Crippen LogP contribution in [-0.2, 0) is 6.42 Å². The van der Waals surface area contributed by atoms with E-state index in [-0.39, 0.29) is 5.92 Å². The molecule has 3 heteroatoms. The van der Waals surface area contributed by atoms with Gasteiger partial charge in [-0.1, -0.05) is 60.7 Å². The first-order valence-electron chi connectivity index (χ1n) is 6.91. The van der Waals surface area contributed by atoms with Gasteiger partial charge in [0, 0.05) is 18.5 Å². The molecule has 0 atom stereocenters. The largest absolute Gasteiger partial charge is 0.336 e. The van der Waals surface area contributed by atoms with E-state index in [0.717, 1.165) is 12.1 Å². The number of nitriles is 1. The van der Waals surface area contributed by atoms with Gasteiger partial charge in [0.2, 0.25) is 5.82 Å². The van der Waals surface area contributed by atoms with Crippen LogP contribution in [0.3, 0.4) is 0 Å². The van der Waals surface area contributed by atoms with Gasteiger partial charge in [-0.2, -0.15) is 5.26 Å². The van der Waals surface area contributed by atoms with Crippen LogP contribution in [0.15, 0.2) is 66.9 Å². The van der Waals surface area contributed by atoms with Gasteiger partial charge in [-0.05, 0) is 11.1 Å². The maximum atomic E-state index is 8.88. The molecule has 1 heterocycles. The molecular formula is C18H15N3. The van der Waals surface area contributed by atoms with Crippen molar-refractivity contribution in [2.45, 2.75) is 12.3 Å². The van der Waals surface area contributed by atoms with Gasteiger partial charge in [0.15, 0.2) is 0 Å². The van der Waals surface area contributed by atoms with Crippen LogP contribution >= 0.6 is 0 Å². The summed E-state index contributed by atoms with van der Waals surface area (Å²) in [5, 5.41) is 8.88. The Bertz CT molecular complexity index is 699. The number of aromatic nitrogens is 2. The van der Waals surface area contributed by atoms with Crippen LogP contribution < -0.4 is 0 Å². The molecule has 0 saturated carbocycles. The van der Waals surface area contributed by atoms with Crippen LogP contribution in [0.25, 0.3) is 0 Å². The third-order valence-corrected chi connectivity index (χ3v) is 3.55. The number of hydrogen-bond donors (Lipinski definition) is 1. The highest BCUT2D eigenvalue weighted by Gasteiger charge is 2.16. The fourth-order valence-electron chi connectivity index (χ4n) is 2.53. The maximum absolute atomic E-state index is 8.88. The summed E-state index contributed by atoms with van der Waals surface area (Å²) in [7, 11) is 0. The van der Waals surface area contributed by atoms with Crippen LogP contribution in [0.2, 0.25) is 0 Å². The van der Waals surface area contributed by atoms with Gasteiger partial charge in [-0.25, -0.2) is 4.98 Å². The molecule has 0 saturated heterocycles. The zero-order chi connectivity index (χ0) is 14.5. The van der Waals surface area contributed by atoms with Crippen molar-refractivity contribution in [1.29, 1.82) is 5.26 Å². The maximum Gasteiger partial charge on any atom is 0.210 e. The first-order chi connectivity index (χ1) is 10.4. The summed E-state index contributed by atoms with van der Waals surface area (Å²) in [6.45, 7) is 0. The molecular weight excluding hydrogens is 258 g/mol. The lowest BCUT2D eigenvalue weighted by atomic mass is 9.88. The molecule has 0 spiro atoms. The molecule has 102 valence electrons. The number of benzene rings is 2. The van der Waals surface area contributed by atoms with E-state index in [1.165, 1.54) is 11.1 Å². The topological polar surface area (TPSA) is 52.5 Å². The second-order valence-electron chi connectivity index (χ2n) is 4.93. The van der Waals surface area contributed by atoms with Crippen molar-refractivity contribution in [2.24, 2.45) is 0 Å². The van der Waals surface area contributed by atoms with Crippen molar-refractivity contribution >= 4 is 0 Å². The number of nitrogens with one attached hydrogen (secondary N) is 1. The average molecular weight is 273 g/mol. The predicted molar refractivity (Wildman–Crippen MR) is 81.7 cm³/mol. The molecule has 3 aromatic rings. The van der Waals surface area contributed by atoms with Gasteiger partial charge >= 0.3 is 0 Å². The van der Waals surface area contributed by atoms with Gasteiger partial charge in [-0.15, -0.1) is 0 Å². The molecule has 1 aromatic heterocycles. The standard InChI is InChI=1S/C18H15N3/c19-12-18-20-13-16(21-18)11-17(14-7-3-1-4-8-14)15-9-5-2-6-10-15/h1-10,13,17H,11H2,(H,20,21). The van der Waals surface area contributed by atoms with E-state index in [9.17, 15) is 0 Å². The van der Waals surface area contributed by atoms with Crippen LogP contribution in [0.5, 0.6) is 0 Å². The Balaban J connectivity index is 1.95. The smallest absolute Gasteiger partial charge is 0.210 e. The fourth-order valence-corrected chi connectivity index (χ4v) is 2.53. The Morgan fingerprint density at radius 2 is 1.52 bits per heavy atom. The highest BCUT2D eigenvalue weighted by Crippen LogP contribution is 2.27. The van der Waals surface area contributed by atoms with E-state index in [0.29, 0.717) is 5.82 Å². The highest BCUT2D eigenvalue weighted by atomic mass is 14.9. The Hall–Kier alpha value is -2.86. The van der Waals surface area contributed by atoms with Gasteiger partial charge in [-0.3, -0.25) is 0 Å². The normalized spacial score (nSPS) is 10.5. The summed E-state index contributed by atoms with van der Waals surface area (Å²) in [6, 6.07) is 22.8. The molecule has 21 heavy (non-hydrogen) atoms. The lowest BCUT2D eigenvalue weighted by Gasteiger charge is -2.17. The van der Waals surface area contributed by atoms with Crippen molar-refractivity contribution in [3.05, 3.63) is 89.5 Å². The molecule has 0 aliphatic carbocycles. The molecule has 3 rings (SSSR count). The summed E-state index contributed by atoms with van der Waals surface area (Å²) in [6.07, 6.45) is 2.59. The Morgan fingerprint density at radius 3 is 2.00 bits per heavy atom. The van der Waals surface area contributed by atoms with E-state index in [1.807, 2.05) is 24.4 Å². The first kappa shape index (κ1) is 13.1. The van der Waals surface area contributed by atoms with Crippen LogP contribution in [0.4, 0.5) is 0 Å². The Kier molecular flexibility index (Phi) is 3.79. The quantitative estimate of drug-likeness (QED) is 0.788. The summed E-state index contributed by atoms with van der Waals surface area (Å²) in [4.78, 5) is 7.19. The Morgan fingerprint density at radius 1 is 0.952 bits per heavy atom. The monoisotopic (exact) mass is 273 g/mol. The van der Waals surface area contributed by atoms with Gasteiger partial charge in [0.05, 0.1) is 5.69 Å². The number of imidazole rings is 1. The molecule has 2 aromatic carbocycles. The molecule has 0 unspecified atom stereocenters. The number of nitrogens with zero attached hydrogens (tertiary/aromatic N) is 2. The molecule has 0 bridgehead atoms. The number of H-pyrrole nitrogens is 1.